The van der Waals surface area contributed by atoms with Gasteiger partial charge in [-0.2, -0.15) is 0 Å². The van der Waals surface area contributed by atoms with Crippen molar-refractivity contribution in [2.45, 2.75) is 58.0 Å². The molecule has 5 atom stereocenters. The third-order valence-corrected chi connectivity index (χ3v) is 6.22. The molecule has 0 spiro atoms. The van der Waals surface area contributed by atoms with Gasteiger partial charge in [-0.05, 0) is 48.9 Å². The number of halogens is 1. The highest BCUT2D eigenvalue weighted by molar-refractivity contribution is 5.73. The van der Waals surface area contributed by atoms with Crippen LogP contribution in [-0.2, 0) is 14.3 Å². The fraction of sp³-hybridized carbons (Fsp3) is 0.708. The van der Waals surface area contributed by atoms with Crippen LogP contribution in [0.5, 0.6) is 0 Å². The van der Waals surface area contributed by atoms with E-state index in [0.717, 1.165) is 18.4 Å². The Kier molecular flexibility index (Phi) is 11.0. The Hall–Kier alpha value is -1.58. The van der Waals surface area contributed by atoms with Crippen LogP contribution in [0.1, 0.15) is 45.2 Å². The van der Waals surface area contributed by atoms with Gasteiger partial charge in [0, 0.05) is 39.8 Å². The Morgan fingerprint density at radius 2 is 2.03 bits per heavy atom. The molecule has 0 unspecified atom stereocenters. The lowest BCUT2D eigenvalue weighted by molar-refractivity contribution is -0.137. The maximum atomic E-state index is 14.0. The lowest BCUT2D eigenvalue weighted by Crippen LogP contribution is -2.50. The second-order valence-corrected chi connectivity index (χ2v) is 8.93. The number of aliphatic hydroxyl groups excluding tert-OH is 2. The molecule has 7 nitrogen and oxygen atoms in total. The summed E-state index contributed by atoms with van der Waals surface area (Å²) in [6.07, 6.45) is -1.45. The maximum Gasteiger partial charge on any atom is 0.219 e. The first-order valence-corrected chi connectivity index (χ1v) is 11.5. The standard InChI is InChI=1S/C24H39FN2O5/c1-16(2)20-13-27(17(3)28)14-22(31-4)24(30)21(29)15-32-11-6-5-10-26-23(20)18-8-7-9-19(25)12-18/h7-9,12,16,20-24,26,29-30H,5-6,10-11,13-15H2,1-4H3/t20-,21-,22-,23-,24-/m1/s1. The van der Waals surface area contributed by atoms with E-state index in [0.29, 0.717) is 19.7 Å². The molecule has 0 aromatic heterocycles. The quantitative estimate of drug-likeness (QED) is 0.648. The zero-order chi connectivity index (χ0) is 23.7. The van der Waals surface area contributed by atoms with Crippen molar-refractivity contribution in [2.24, 2.45) is 11.8 Å². The van der Waals surface area contributed by atoms with Crippen LogP contribution < -0.4 is 5.32 Å². The second kappa shape index (κ2) is 13.2. The molecule has 1 aromatic carbocycles. The molecule has 1 aromatic rings. The highest BCUT2D eigenvalue weighted by Crippen LogP contribution is 2.30. The molecule has 0 bridgehead atoms. The minimum Gasteiger partial charge on any atom is -0.388 e. The number of aliphatic hydroxyl groups is 2. The number of nitrogens with zero attached hydrogens (tertiary/aromatic N) is 1. The van der Waals surface area contributed by atoms with Crippen LogP contribution in [0.3, 0.4) is 0 Å². The molecule has 2 rings (SSSR count). The van der Waals surface area contributed by atoms with E-state index in [9.17, 15) is 19.4 Å². The first kappa shape index (κ1) is 26.7. The normalized spacial score (nSPS) is 29.4. The van der Waals surface area contributed by atoms with Gasteiger partial charge in [-0.3, -0.25) is 4.79 Å². The van der Waals surface area contributed by atoms with E-state index < -0.39 is 18.3 Å². The van der Waals surface area contributed by atoms with Crippen molar-refractivity contribution >= 4 is 5.91 Å². The molecule has 182 valence electrons. The summed E-state index contributed by atoms with van der Waals surface area (Å²) in [6.45, 7) is 7.35. The Balaban J connectivity index is 2.38. The van der Waals surface area contributed by atoms with E-state index in [-0.39, 0.29) is 42.8 Å². The summed E-state index contributed by atoms with van der Waals surface area (Å²) in [6, 6.07) is 6.42. The van der Waals surface area contributed by atoms with Crippen molar-refractivity contribution in [3.63, 3.8) is 0 Å². The summed E-state index contributed by atoms with van der Waals surface area (Å²) in [5.41, 5.74) is 0.839. The summed E-state index contributed by atoms with van der Waals surface area (Å²) in [5, 5.41) is 24.5. The average molecular weight is 455 g/mol. The number of benzene rings is 1. The number of carbonyl (C=O) groups excluding carboxylic acids is 1. The third kappa shape index (κ3) is 7.78. The monoisotopic (exact) mass is 454 g/mol. The number of hydrogen-bond donors (Lipinski definition) is 3. The Morgan fingerprint density at radius 3 is 2.66 bits per heavy atom. The molecule has 1 aliphatic rings. The molecular weight excluding hydrogens is 415 g/mol. The van der Waals surface area contributed by atoms with E-state index >= 15 is 0 Å². The predicted molar refractivity (Wildman–Crippen MR) is 121 cm³/mol. The summed E-state index contributed by atoms with van der Waals surface area (Å²) < 4.78 is 25.0. The van der Waals surface area contributed by atoms with Crippen LogP contribution in [0.15, 0.2) is 24.3 Å². The smallest absolute Gasteiger partial charge is 0.219 e. The molecule has 32 heavy (non-hydrogen) atoms. The van der Waals surface area contributed by atoms with Crippen molar-refractivity contribution in [1.29, 1.82) is 0 Å². The Bertz CT molecular complexity index is 705. The van der Waals surface area contributed by atoms with E-state index in [1.165, 1.54) is 20.1 Å². The minimum atomic E-state index is -1.19. The number of amides is 1. The molecule has 1 aliphatic heterocycles. The van der Waals surface area contributed by atoms with Gasteiger partial charge >= 0.3 is 0 Å². The van der Waals surface area contributed by atoms with Gasteiger partial charge in [0.05, 0.1) is 6.61 Å². The maximum absolute atomic E-state index is 14.0. The van der Waals surface area contributed by atoms with Gasteiger partial charge in [-0.25, -0.2) is 4.39 Å². The molecule has 1 heterocycles. The van der Waals surface area contributed by atoms with Gasteiger partial charge in [0.2, 0.25) is 5.91 Å². The zero-order valence-corrected chi connectivity index (χ0v) is 19.7. The predicted octanol–water partition coefficient (Wildman–Crippen LogP) is 2.12. The van der Waals surface area contributed by atoms with Gasteiger partial charge in [-0.1, -0.05) is 26.0 Å². The molecule has 3 N–H and O–H groups in total. The highest BCUT2D eigenvalue weighted by atomic mass is 19.1. The minimum absolute atomic E-state index is 0.00490. The van der Waals surface area contributed by atoms with Gasteiger partial charge < -0.3 is 29.9 Å². The van der Waals surface area contributed by atoms with E-state index in [1.807, 2.05) is 6.07 Å². The van der Waals surface area contributed by atoms with Crippen molar-refractivity contribution in [3.8, 4) is 0 Å². The molecular formula is C24H39FN2O5. The number of ether oxygens (including phenoxy) is 2. The van der Waals surface area contributed by atoms with Crippen LogP contribution in [0.2, 0.25) is 0 Å². The van der Waals surface area contributed by atoms with Crippen molar-refractivity contribution < 1.29 is 28.9 Å². The zero-order valence-electron chi connectivity index (χ0n) is 19.7. The number of hydrogen-bond acceptors (Lipinski definition) is 6. The number of nitrogens with one attached hydrogen (secondary N) is 1. The largest absolute Gasteiger partial charge is 0.388 e. The molecule has 0 saturated carbocycles. The second-order valence-electron chi connectivity index (χ2n) is 8.93. The van der Waals surface area contributed by atoms with Crippen molar-refractivity contribution in [1.82, 2.24) is 10.2 Å². The fourth-order valence-electron chi connectivity index (χ4n) is 4.18. The van der Waals surface area contributed by atoms with Gasteiger partial charge in [-0.15, -0.1) is 0 Å². The van der Waals surface area contributed by atoms with E-state index in [2.05, 4.69) is 19.2 Å². The van der Waals surface area contributed by atoms with Gasteiger partial charge in [0.15, 0.2) is 0 Å². The summed E-state index contributed by atoms with van der Waals surface area (Å²) >= 11 is 0. The fourth-order valence-corrected chi connectivity index (χ4v) is 4.18. The number of rotatable bonds is 3. The van der Waals surface area contributed by atoms with Gasteiger partial charge in [0.25, 0.3) is 0 Å². The van der Waals surface area contributed by atoms with Crippen LogP contribution in [0, 0.1) is 17.7 Å². The summed E-state index contributed by atoms with van der Waals surface area (Å²) in [7, 11) is 1.45. The molecule has 0 aliphatic carbocycles. The van der Waals surface area contributed by atoms with E-state index in [4.69, 9.17) is 9.47 Å². The first-order chi connectivity index (χ1) is 15.2. The van der Waals surface area contributed by atoms with E-state index in [1.54, 1.807) is 17.0 Å². The summed E-state index contributed by atoms with van der Waals surface area (Å²) in [5.74, 6) is -0.274. The number of methoxy groups -OCH3 is 1. The van der Waals surface area contributed by atoms with Crippen molar-refractivity contribution in [2.75, 3.05) is 40.0 Å². The lowest BCUT2D eigenvalue weighted by atomic mass is 9.83. The molecule has 1 fully saturated rings. The highest BCUT2D eigenvalue weighted by Gasteiger charge is 2.33. The van der Waals surface area contributed by atoms with Crippen LogP contribution in [-0.4, -0.2) is 79.3 Å². The topological polar surface area (TPSA) is 91.3 Å². The van der Waals surface area contributed by atoms with Gasteiger partial charge in [0.1, 0.15) is 24.1 Å². The summed E-state index contributed by atoms with van der Waals surface area (Å²) in [4.78, 5) is 14.2. The SMILES string of the molecule is CO[C@@H]1CN(C(C)=O)C[C@H](C(C)C)[C@@H](c2cccc(F)c2)NCCCCOC[C@@H](O)[C@H]1O. The van der Waals surface area contributed by atoms with Crippen LogP contribution in [0.25, 0.3) is 0 Å². The third-order valence-electron chi connectivity index (χ3n) is 6.22. The molecule has 0 radical (unpaired) electrons. The Morgan fingerprint density at radius 1 is 1.28 bits per heavy atom. The number of carbonyl (C=O) groups is 1. The molecule has 8 heteroatoms. The first-order valence-electron chi connectivity index (χ1n) is 11.5. The van der Waals surface area contributed by atoms with Crippen LogP contribution >= 0.6 is 0 Å². The van der Waals surface area contributed by atoms with Crippen LogP contribution in [0.4, 0.5) is 4.39 Å². The Labute approximate surface area is 190 Å². The van der Waals surface area contributed by atoms with Crippen molar-refractivity contribution in [3.05, 3.63) is 35.6 Å². The lowest BCUT2D eigenvalue weighted by Gasteiger charge is -2.37. The molecule has 1 saturated heterocycles. The average Bonchev–Trinajstić information content (AvgIpc) is 2.75. The molecule has 1 amide bonds.